The maximum atomic E-state index is 12.4. The minimum Gasteiger partial charge on any atom is -0.276 e. The number of carbonyl (C=O) groups is 1. The second-order valence-electron chi connectivity index (χ2n) is 3.25. The van der Waals surface area contributed by atoms with Crippen molar-refractivity contribution < 1.29 is 26.4 Å². The second-order valence-corrected chi connectivity index (χ2v) is 5.58. The zero-order valence-corrected chi connectivity index (χ0v) is 9.95. The Morgan fingerprint density at radius 1 is 1.29 bits per heavy atom. The van der Waals surface area contributed by atoms with Crippen molar-refractivity contribution in [1.29, 1.82) is 0 Å². The van der Waals surface area contributed by atoms with E-state index >= 15 is 0 Å². The number of sulfone groups is 1. The van der Waals surface area contributed by atoms with Gasteiger partial charge >= 0.3 is 6.18 Å². The Kier molecular flexibility index (Phi) is 3.54. The first-order valence-corrected chi connectivity index (χ1v) is 6.41. The number of hydrogen-bond donors (Lipinski definition) is 0. The first-order valence-electron chi connectivity index (χ1n) is 4.14. The Balaban J connectivity index is 3.57. The highest BCUT2D eigenvalue weighted by molar-refractivity contribution is 7.90. The maximum Gasteiger partial charge on any atom is 0.416 e. The predicted molar refractivity (Wildman–Crippen MR) is 54.7 cm³/mol. The van der Waals surface area contributed by atoms with Gasteiger partial charge in [0, 0.05) is 6.26 Å². The molecule has 0 saturated heterocycles. The maximum absolute atomic E-state index is 12.4. The number of alkyl halides is 3. The lowest BCUT2D eigenvalue weighted by Crippen LogP contribution is -2.10. The van der Waals surface area contributed by atoms with E-state index in [1.807, 2.05) is 0 Å². The Bertz CT molecular complexity index is 563. The largest absolute Gasteiger partial charge is 0.416 e. The van der Waals surface area contributed by atoms with Crippen molar-refractivity contribution in [1.82, 2.24) is 0 Å². The van der Waals surface area contributed by atoms with E-state index < -0.39 is 37.3 Å². The van der Waals surface area contributed by atoms with Crippen LogP contribution < -0.4 is 0 Å². The molecule has 0 saturated carbocycles. The van der Waals surface area contributed by atoms with Crippen molar-refractivity contribution in [3.63, 3.8) is 0 Å². The van der Waals surface area contributed by atoms with Crippen LogP contribution in [0.25, 0.3) is 0 Å². The molecular formula is C9H6ClF3O3S. The van der Waals surface area contributed by atoms with Crippen LogP contribution in [0.15, 0.2) is 23.1 Å². The van der Waals surface area contributed by atoms with Crippen molar-refractivity contribution in [2.45, 2.75) is 11.1 Å². The molecule has 0 fully saturated rings. The fraction of sp³-hybridized carbons (Fsp3) is 0.222. The van der Waals surface area contributed by atoms with Crippen LogP contribution in [0, 0.1) is 0 Å². The smallest absolute Gasteiger partial charge is 0.276 e. The summed E-state index contributed by atoms with van der Waals surface area (Å²) in [5, 5.41) is -1.13. The Morgan fingerprint density at radius 2 is 1.82 bits per heavy atom. The molecule has 0 unspecified atom stereocenters. The van der Waals surface area contributed by atoms with Gasteiger partial charge in [0.15, 0.2) is 9.84 Å². The normalized spacial score (nSPS) is 12.5. The van der Waals surface area contributed by atoms with Gasteiger partial charge in [0.2, 0.25) is 0 Å². The van der Waals surface area contributed by atoms with E-state index in [1.165, 1.54) is 0 Å². The third kappa shape index (κ3) is 3.19. The third-order valence-corrected chi connectivity index (χ3v) is 3.26. The molecule has 0 amide bonds. The van der Waals surface area contributed by atoms with Gasteiger partial charge < -0.3 is 0 Å². The van der Waals surface area contributed by atoms with Crippen LogP contribution in [-0.2, 0) is 16.0 Å². The highest BCUT2D eigenvalue weighted by Gasteiger charge is 2.32. The van der Waals surface area contributed by atoms with Gasteiger partial charge in [0.1, 0.15) is 0 Å². The third-order valence-electron chi connectivity index (χ3n) is 1.92. The van der Waals surface area contributed by atoms with Gasteiger partial charge in [-0.2, -0.15) is 13.2 Å². The highest BCUT2D eigenvalue weighted by Crippen LogP contribution is 2.32. The standard InChI is InChI=1S/C9H6ClF3O3S/c1-17(15,16)7-4-5(9(11,12)13)2-3-6(7)8(10)14/h2-4H,1H3. The quantitative estimate of drug-likeness (QED) is 0.785. The van der Waals surface area contributed by atoms with Crippen LogP contribution >= 0.6 is 11.6 Å². The van der Waals surface area contributed by atoms with Gasteiger partial charge in [-0.1, -0.05) is 0 Å². The molecular weight excluding hydrogens is 281 g/mol. The monoisotopic (exact) mass is 286 g/mol. The molecule has 17 heavy (non-hydrogen) atoms. The molecule has 94 valence electrons. The summed E-state index contributed by atoms with van der Waals surface area (Å²) in [4.78, 5) is 10.2. The summed E-state index contributed by atoms with van der Waals surface area (Å²) in [5.74, 6) is 0. The minimum absolute atomic E-state index is 0.394. The first-order chi connectivity index (χ1) is 7.53. The molecule has 0 radical (unpaired) electrons. The second kappa shape index (κ2) is 4.30. The summed E-state index contributed by atoms with van der Waals surface area (Å²) < 4.78 is 59.6. The van der Waals surface area contributed by atoms with Crippen LogP contribution in [0.2, 0.25) is 0 Å². The Morgan fingerprint density at radius 3 is 2.18 bits per heavy atom. The van der Waals surface area contributed by atoms with Crippen LogP contribution in [0.5, 0.6) is 0 Å². The van der Waals surface area contributed by atoms with E-state index in [-0.39, 0.29) is 0 Å². The lowest BCUT2D eigenvalue weighted by molar-refractivity contribution is -0.137. The molecule has 0 N–H and O–H groups in total. The average Bonchev–Trinajstić information content (AvgIpc) is 2.14. The molecule has 1 rings (SSSR count). The highest BCUT2D eigenvalue weighted by atomic mass is 35.5. The molecule has 3 nitrogen and oxygen atoms in total. The number of carbonyl (C=O) groups excluding carboxylic acids is 1. The molecule has 0 bridgehead atoms. The van der Waals surface area contributed by atoms with E-state index in [1.54, 1.807) is 0 Å². The van der Waals surface area contributed by atoms with Crippen molar-refractivity contribution in [3.05, 3.63) is 29.3 Å². The fourth-order valence-corrected chi connectivity index (χ4v) is 2.29. The van der Waals surface area contributed by atoms with Gasteiger partial charge in [0.05, 0.1) is 16.0 Å². The summed E-state index contributed by atoms with van der Waals surface area (Å²) in [6.45, 7) is 0. The van der Waals surface area contributed by atoms with E-state index in [9.17, 15) is 26.4 Å². The summed E-state index contributed by atoms with van der Waals surface area (Å²) in [6, 6.07) is 1.74. The number of hydrogen-bond acceptors (Lipinski definition) is 3. The molecule has 8 heteroatoms. The first kappa shape index (κ1) is 14.0. The van der Waals surface area contributed by atoms with E-state index in [2.05, 4.69) is 0 Å². The predicted octanol–water partition coefficient (Wildman–Crippen LogP) is 2.49. The molecule has 0 atom stereocenters. The summed E-state index contributed by atoms with van der Waals surface area (Å²) >= 11 is 5.10. The molecule has 1 aromatic rings. The molecule has 0 aliphatic heterocycles. The van der Waals surface area contributed by atoms with Crippen LogP contribution in [-0.4, -0.2) is 19.9 Å². The fourth-order valence-electron chi connectivity index (χ4n) is 1.17. The van der Waals surface area contributed by atoms with Crippen LogP contribution in [0.4, 0.5) is 13.2 Å². The summed E-state index contributed by atoms with van der Waals surface area (Å²) in [7, 11) is -3.97. The van der Waals surface area contributed by atoms with Crippen LogP contribution in [0.3, 0.4) is 0 Å². The van der Waals surface area contributed by atoms with Gasteiger partial charge in [-0.25, -0.2) is 8.42 Å². The number of benzene rings is 1. The SMILES string of the molecule is CS(=O)(=O)c1cc(C(F)(F)F)ccc1C(=O)Cl. The van der Waals surface area contributed by atoms with Crippen molar-refractivity contribution in [3.8, 4) is 0 Å². The lowest BCUT2D eigenvalue weighted by atomic mass is 10.1. The summed E-state index contributed by atoms with van der Waals surface area (Å²) in [6.07, 6.45) is -3.99. The van der Waals surface area contributed by atoms with E-state index in [4.69, 9.17) is 11.6 Å². The van der Waals surface area contributed by atoms with Crippen LogP contribution in [0.1, 0.15) is 15.9 Å². The van der Waals surface area contributed by atoms with E-state index in [0.29, 0.717) is 18.4 Å². The Hall–Kier alpha value is -1.08. The average molecular weight is 287 g/mol. The zero-order chi connectivity index (χ0) is 13.4. The van der Waals surface area contributed by atoms with Crippen molar-refractivity contribution >= 4 is 26.7 Å². The molecule has 0 aromatic heterocycles. The molecule has 0 aliphatic rings. The number of rotatable bonds is 2. The zero-order valence-electron chi connectivity index (χ0n) is 8.38. The molecule has 1 aromatic carbocycles. The minimum atomic E-state index is -4.69. The van der Waals surface area contributed by atoms with Crippen molar-refractivity contribution in [2.75, 3.05) is 6.26 Å². The van der Waals surface area contributed by atoms with Crippen molar-refractivity contribution in [2.24, 2.45) is 0 Å². The summed E-state index contributed by atoms with van der Waals surface area (Å²) in [5.41, 5.74) is -1.62. The van der Waals surface area contributed by atoms with Gasteiger partial charge in [-0.15, -0.1) is 0 Å². The molecule has 0 heterocycles. The molecule has 0 spiro atoms. The number of halogens is 4. The Labute approximate surface area is 100 Å². The van der Waals surface area contributed by atoms with Gasteiger partial charge in [0.25, 0.3) is 5.24 Å². The van der Waals surface area contributed by atoms with Gasteiger partial charge in [-0.3, -0.25) is 4.79 Å². The van der Waals surface area contributed by atoms with Gasteiger partial charge in [-0.05, 0) is 29.8 Å². The topological polar surface area (TPSA) is 51.2 Å². The molecule has 0 aliphatic carbocycles. The van der Waals surface area contributed by atoms with E-state index in [0.717, 1.165) is 6.07 Å². The lowest BCUT2D eigenvalue weighted by Gasteiger charge is -2.10.